The van der Waals surface area contributed by atoms with Gasteiger partial charge in [0, 0.05) is 5.57 Å². The molecule has 2 heteroatoms. The average molecular weight is 162 g/mol. The van der Waals surface area contributed by atoms with E-state index < -0.39 is 0 Å². The molecule has 1 unspecified atom stereocenters. The van der Waals surface area contributed by atoms with Crippen LogP contribution in [0.2, 0.25) is 0 Å². The molecule has 0 heterocycles. The van der Waals surface area contributed by atoms with Crippen molar-refractivity contribution >= 4 is 0 Å². The Morgan fingerprint density at radius 1 is 1.58 bits per heavy atom. The van der Waals surface area contributed by atoms with E-state index in [9.17, 15) is 0 Å². The summed E-state index contributed by atoms with van der Waals surface area (Å²) in [7, 11) is 0. The Balaban J connectivity index is 4.11. The lowest BCUT2D eigenvalue weighted by Gasteiger charge is -2.06. The first-order valence-electron chi connectivity index (χ1n) is 3.77. The molecule has 1 atom stereocenters. The molecule has 0 rings (SSSR count). The molecule has 2 nitrogen and oxygen atoms in total. The summed E-state index contributed by atoms with van der Waals surface area (Å²) in [6, 6.07) is 1.92. The molecule has 0 fully saturated rings. The average Bonchev–Trinajstić information content (AvgIpc) is 2.11. The normalized spacial score (nSPS) is 12.4. The van der Waals surface area contributed by atoms with Gasteiger partial charge in [0.1, 0.15) is 0 Å². The molecular weight excluding hydrogens is 148 g/mol. The molecule has 2 N–H and O–H groups in total. The molecule has 0 aromatic carbocycles. The fourth-order valence-electron chi connectivity index (χ4n) is 0.561. The van der Waals surface area contributed by atoms with Crippen molar-refractivity contribution < 1.29 is 0 Å². The fraction of sp³-hybridized carbons (Fsp3) is 0.300. The van der Waals surface area contributed by atoms with E-state index in [0.717, 1.165) is 5.57 Å². The van der Waals surface area contributed by atoms with Gasteiger partial charge < -0.3 is 5.73 Å². The maximum atomic E-state index is 8.39. The van der Waals surface area contributed by atoms with Crippen molar-refractivity contribution in [2.75, 3.05) is 6.54 Å². The van der Waals surface area contributed by atoms with Gasteiger partial charge in [-0.25, -0.2) is 0 Å². The lowest BCUT2D eigenvalue weighted by Crippen LogP contribution is -2.11. The van der Waals surface area contributed by atoms with Crippen LogP contribution in [0.15, 0.2) is 36.5 Å². The lowest BCUT2D eigenvalue weighted by atomic mass is 10.0. The summed E-state index contributed by atoms with van der Waals surface area (Å²) < 4.78 is 0. The van der Waals surface area contributed by atoms with Crippen LogP contribution in [-0.2, 0) is 0 Å². The van der Waals surface area contributed by atoms with Gasteiger partial charge in [0.15, 0.2) is 0 Å². The van der Waals surface area contributed by atoms with Crippen LogP contribution >= 0.6 is 0 Å². The molecule has 0 aliphatic heterocycles. The highest BCUT2D eigenvalue weighted by atomic mass is 14.5. The molecule has 0 saturated carbocycles. The SMILES string of the molecule is C=C(C#N)/C=C\C(=C)C(C)CN. The smallest absolute Gasteiger partial charge is 0.0985 e. The topological polar surface area (TPSA) is 49.8 Å². The van der Waals surface area contributed by atoms with Gasteiger partial charge in [-0.1, -0.05) is 31.7 Å². The summed E-state index contributed by atoms with van der Waals surface area (Å²) in [4.78, 5) is 0. The summed E-state index contributed by atoms with van der Waals surface area (Å²) in [6.45, 7) is 9.88. The largest absolute Gasteiger partial charge is 0.330 e. The van der Waals surface area contributed by atoms with Crippen molar-refractivity contribution in [2.45, 2.75) is 6.92 Å². The summed E-state index contributed by atoms with van der Waals surface area (Å²) in [6.07, 6.45) is 3.43. The van der Waals surface area contributed by atoms with Crippen LogP contribution in [0.5, 0.6) is 0 Å². The predicted molar refractivity (Wildman–Crippen MR) is 51.3 cm³/mol. The predicted octanol–water partition coefficient (Wildman–Crippen LogP) is 1.77. The van der Waals surface area contributed by atoms with Crippen LogP contribution in [0, 0.1) is 17.2 Å². The van der Waals surface area contributed by atoms with Crippen molar-refractivity contribution in [1.29, 1.82) is 5.26 Å². The van der Waals surface area contributed by atoms with Gasteiger partial charge in [0.05, 0.1) is 6.07 Å². The maximum Gasteiger partial charge on any atom is 0.0985 e. The number of allylic oxidation sites excluding steroid dienone is 3. The zero-order valence-electron chi connectivity index (χ0n) is 7.38. The zero-order valence-corrected chi connectivity index (χ0v) is 7.38. The molecule has 0 aromatic rings. The first-order valence-corrected chi connectivity index (χ1v) is 3.77. The molecule has 0 aliphatic carbocycles. The van der Waals surface area contributed by atoms with Gasteiger partial charge in [-0.15, -0.1) is 0 Å². The van der Waals surface area contributed by atoms with Crippen LogP contribution < -0.4 is 5.73 Å². The van der Waals surface area contributed by atoms with Crippen LogP contribution in [0.3, 0.4) is 0 Å². The number of hydrogen-bond acceptors (Lipinski definition) is 2. The van der Waals surface area contributed by atoms with Gasteiger partial charge in [-0.3, -0.25) is 0 Å². The standard InChI is InChI=1S/C10H14N2/c1-8(6-11)4-5-9(2)10(3)7-12/h4-5,10H,1-2,7,12H2,3H3/b5-4-. The second-order valence-corrected chi connectivity index (χ2v) is 2.68. The molecule has 0 spiro atoms. The van der Waals surface area contributed by atoms with E-state index in [1.165, 1.54) is 0 Å². The van der Waals surface area contributed by atoms with Crippen LogP contribution in [0.4, 0.5) is 0 Å². The second-order valence-electron chi connectivity index (χ2n) is 2.68. The van der Waals surface area contributed by atoms with E-state index in [1.807, 2.05) is 13.0 Å². The number of nitrogens with zero attached hydrogens (tertiary/aromatic N) is 1. The molecule has 0 aromatic heterocycles. The highest BCUT2D eigenvalue weighted by Crippen LogP contribution is 2.08. The minimum atomic E-state index is 0.257. The molecular formula is C10H14N2. The molecule has 0 saturated heterocycles. The van der Waals surface area contributed by atoms with E-state index in [-0.39, 0.29) is 5.92 Å². The van der Waals surface area contributed by atoms with E-state index in [4.69, 9.17) is 11.0 Å². The Kier molecular flexibility index (Phi) is 4.75. The summed E-state index contributed by atoms with van der Waals surface area (Å²) >= 11 is 0. The highest BCUT2D eigenvalue weighted by Gasteiger charge is 1.99. The van der Waals surface area contributed by atoms with Gasteiger partial charge in [0.2, 0.25) is 0 Å². The molecule has 0 radical (unpaired) electrons. The van der Waals surface area contributed by atoms with Crippen LogP contribution in [0.1, 0.15) is 6.92 Å². The summed E-state index contributed by atoms with van der Waals surface area (Å²) in [5.74, 6) is 0.257. The van der Waals surface area contributed by atoms with Crippen LogP contribution in [-0.4, -0.2) is 6.54 Å². The van der Waals surface area contributed by atoms with Crippen molar-refractivity contribution in [3.8, 4) is 6.07 Å². The number of nitriles is 1. The Hall–Kier alpha value is -1.33. The number of hydrogen-bond donors (Lipinski definition) is 1. The summed E-state index contributed by atoms with van der Waals surface area (Å²) in [5.41, 5.74) is 6.79. The molecule has 0 aliphatic rings. The molecule has 0 bridgehead atoms. The van der Waals surface area contributed by atoms with Gasteiger partial charge in [-0.05, 0) is 18.5 Å². The quantitative estimate of drug-likeness (QED) is 0.506. The van der Waals surface area contributed by atoms with Crippen molar-refractivity contribution in [3.63, 3.8) is 0 Å². The first-order chi connectivity index (χ1) is 5.61. The van der Waals surface area contributed by atoms with E-state index >= 15 is 0 Å². The minimum absolute atomic E-state index is 0.257. The van der Waals surface area contributed by atoms with E-state index in [0.29, 0.717) is 12.1 Å². The maximum absolute atomic E-state index is 8.39. The minimum Gasteiger partial charge on any atom is -0.330 e. The monoisotopic (exact) mass is 162 g/mol. The zero-order chi connectivity index (χ0) is 9.56. The Morgan fingerprint density at radius 3 is 2.58 bits per heavy atom. The van der Waals surface area contributed by atoms with Gasteiger partial charge >= 0.3 is 0 Å². The van der Waals surface area contributed by atoms with Gasteiger partial charge in [-0.2, -0.15) is 5.26 Å². The molecule has 12 heavy (non-hydrogen) atoms. The fourth-order valence-corrected chi connectivity index (χ4v) is 0.561. The first kappa shape index (κ1) is 10.7. The van der Waals surface area contributed by atoms with E-state index in [2.05, 4.69) is 13.2 Å². The van der Waals surface area contributed by atoms with E-state index in [1.54, 1.807) is 12.2 Å². The van der Waals surface area contributed by atoms with Crippen molar-refractivity contribution in [2.24, 2.45) is 11.7 Å². The third-order valence-corrected chi connectivity index (χ3v) is 1.63. The molecule has 64 valence electrons. The third kappa shape index (κ3) is 3.75. The summed E-state index contributed by atoms with van der Waals surface area (Å²) in [5, 5.41) is 8.39. The Bertz CT molecular complexity index is 243. The Morgan fingerprint density at radius 2 is 2.17 bits per heavy atom. The van der Waals surface area contributed by atoms with Crippen molar-refractivity contribution in [3.05, 3.63) is 36.5 Å². The number of rotatable bonds is 4. The second kappa shape index (κ2) is 5.34. The lowest BCUT2D eigenvalue weighted by molar-refractivity contribution is 0.713. The van der Waals surface area contributed by atoms with Gasteiger partial charge in [0.25, 0.3) is 0 Å². The molecule has 0 amide bonds. The number of nitrogens with two attached hydrogens (primary N) is 1. The Labute approximate surface area is 73.7 Å². The third-order valence-electron chi connectivity index (χ3n) is 1.63. The van der Waals surface area contributed by atoms with Crippen LogP contribution in [0.25, 0.3) is 0 Å². The van der Waals surface area contributed by atoms with Crippen molar-refractivity contribution in [1.82, 2.24) is 0 Å². The highest BCUT2D eigenvalue weighted by molar-refractivity contribution is 5.34.